The van der Waals surface area contributed by atoms with Crippen LogP contribution in [-0.4, -0.2) is 38.4 Å². The maximum absolute atomic E-state index is 13.0. The number of carbonyl (C=O) groups excluding carboxylic acids is 1. The predicted octanol–water partition coefficient (Wildman–Crippen LogP) is 2.53. The Morgan fingerprint density at radius 1 is 1.40 bits per heavy atom. The average molecular weight is 346 g/mol. The molecule has 2 N–H and O–H groups in total. The first-order valence-corrected chi connectivity index (χ1v) is 8.43. The summed E-state index contributed by atoms with van der Waals surface area (Å²) in [6.07, 6.45) is 4.61. The number of aryl methyl sites for hydroxylation is 1. The Morgan fingerprint density at radius 3 is 2.64 bits per heavy atom. The van der Waals surface area contributed by atoms with E-state index in [0.717, 1.165) is 18.4 Å². The number of aliphatic hydroxyl groups excluding tert-OH is 1. The highest BCUT2D eigenvalue weighted by Gasteiger charge is 2.34. The molecule has 1 fully saturated rings. The molecule has 2 aromatic rings. The molecule has 6 nitrogen and oxygen atoms in total. The normalized spacial score (nSPS) is 16.3. The molecule has 0 radical (unpaired) electrons. The highest BCUT2D eigenvalue weighted by Crippen LogP contribution is 2.29. The van der Waals surface area contributed by atoms with E-state index in [-0.39, 0.29) is 30.5 Å². The molecule has 134 valence electrons. The number of aromatic nitrogens is 2. The lowest BCUT2D eigenvalue weighted by molar-refractivity contribution is 0.117. The smallest absolute Gasteiger partial charge is 0.318 e. The lowest BCUT2D eigenvalue weighted by Gasteiger charge is -2.27. The lowest BCUT2D eigenvalue weighted by atomic mass is 10.1. The Labute approximate surface area is 146 Å². The van der Waals surface area contributed by atoms with Gasteiger partial charge in [-0.1, -0.05) is 12.1 Å². The van der Waals surface area contributed by atoms with E-state index < -0.39 is 6.10 Å². The molecule has 0 spiro atoms. The van der Waals surface area contributed by atoms with Gasteiger partial charge in [0.2, 0.25) is 0 Å². The zero-order chi connectivity index (χ0) is 18.0. The van der Waals surface area contributed by atoms with Crippen molar-refractivity contribution in [3.63, 3.8) is 0 Å². The van der Waals surface area contributed by atoms with Crippen LogP contribution in [0.3, 0.4) is 0 Å². The Hall–Kier alpha value is -2.41. The van der Waals surface area contributed by atoms with E-state index in [1.807, 2.05) is 20.2 Å². The average Bonchev–Trinajstić information content (AvgIpc) is 3.33. The van der Waals surface area contributed by atoms with E-state index in [4.69, 9.17) is 0 Å². The number of hydrogen-bond acceptors (Lipinski definition) is 3. The summed E-state index contributed by atoms with van der Waals surface area (Å²) in [6.45, 7) is 2.08. The highest BCUT2D eigenvalue weighted by molar-refractivity contribution is 5.75. The number of urea groups is 1. The van der Waals surface area contributed by atoms with Crippen molar-refractivity contribution in [1.82, 2.24) is 20.0 Å². The summed E-state index contributed by atoms with van der Waals surface area (Å²) in [7, 11) is 1.83. The van der Waals surface area contributed by atoms with Crippen LogP contribution in [0.1, 0.15) is 43.0 Å². The van der Waals surface area contributed by atoms with E-state index in [0.29, 0.717) is 5.56 Å². The molecule has 3 rings (SSSR count). The van der Waals surface area contributed by atoms with Crippen molar-refractivity contribution in [2.24, 2.45) is 7.05 Å². The fraction of sp³-hybridized carbons (Fsp3) is 0.444. The second kappa shape index (κ2) is 7.23. The van der Waals surface area contributed by atoms with Gasteiger partial charge in [0, 0.05) is 24.8 Å². The van der Waals surface area contributed by atoms with Crippen molar-refractivity contribution in [2.75, 3.05) is 6.54 Å². The molecule has 7 heteroatoms. The van der Waals surface area contributed by atoms with Crippen molar-refractivity contribution in [1.29, 1.82) is 0 Å². The van der Waals surface area contributed by atoms with Gasteiger partial charge in [-0.25, -0.2) is 9.18 Å². The van der Waals surface area contributed by atoms with Gasteiger partial charge in [0.1, 0.15) is 5.82 Å². The molecular weight excluding hydrogens is 323 g/mol. The number of hydrogen-bond donors (Lipinski definition) is 2. The van der Waals surface area contributed by atoms with Crippen LogP contribution < -0.4 is 5.32 Å². The zero-order valence-corrected chi connectivity index (χ0v) is 14.4. The Balaban J connectivity index is 1.64. The summed E-state index contributed by atoms with van der Waals surface area (Å²) in [5, 5.41) is 17.5. The van der Waals surface area contributed by atoms with Crippen molar-refractivity contribution >= 4 is 6.03 Å². The third-order valence-corrected chi connectivity index (χ3v) is 4.44. The summed E-state index contributed by atoms with van der Waals surface area (Å²) in [6, 6.07) is 5.47. The molecule has 0 aliphatic heterocycles. The van der Waals surface area contributed by atoms with E-state index in [2.05, 4.69) is 10.4 Å². The molecule has 1 aliphatic rings. The molecule has 2 unspecified atom stereocenters. The SMILES string of the molecule is CC(NC(=O)N(CC(O)c1ccc(F)cc1)C1CC1)c1cnn(C)c1. The molecule has 1 aromatic carbocycles. The van der Waals surface area contributed by atoms with Crippen LogP contribution in [-0.2, 0) is 7.05 Å². The number of aliphatic hydroxyl groups is 1. The fourth-order valence-electron chi connectivity index (χ4n) is 2.78. The van der Waals surface area contributed by atoms with Crippen LogP contribution in [0, 0.1) is 5.82 Å². The van der Waals surface area contributed by atoms with Gasteiger partial charge in [-0.2, -0.15) is 5.10 Å². The number of nitrogens with zero attached hydrogens (tertiary/aromatic N) is 3. The lowest BCUT2D eigenvalue weighted by Crippen LogP contribution is -2.44. The van der Waals surface area contributed by atoms with E-state index >= 15 is 0 Å². The first-order chi connectivity index (χ1) is 11.9. The first-order valence-electron chi connectivity index (χ1n) is 8.43. The zero-order valence-electron chi connectivity index (χ0n) is 14.4. The Bertz CT molecular complexity index is 727. The second-order valence-electron chi connectivity index (χ2n) is 6.57. The van der Waals surface area contributed by atoms with Crippen LogP contribution in [0.4, 0.5) is 9.18 Å². The summed E-state index contributed by atoms with van der Waals surface area (Å²) in [5.41, 5.74) is 1.52. The molecule has 2 amide bonds. The van der Waals surface area contributed by atoms with Gasteiger partial charge in [-0.05, 0) is 37.5 Å². The van der Waals surface area contributed by atoms with Crippen LogP contribution >= 0.6 is 0 Å². The molecule has 1 heterocycles. The van der Waals surface area contributed by atoms with E-state index in [1.165, 1.54) is 12.1 Å². The van der Waals surface area contributed by atoms with Gasteiger partial charge in [-0.3, -0.25) is 4.68 Å². The number of amides is 2. The Kier molecular flexibility index (Phi) is 5.03. The molecule has 25 heavy (non-hydrogen) atoms. The number of carbonyl (C=O) groups is 1. The van der Waals surface area contributed by atoms with Gasteiger partial charge >= 0.3 is 6.03 Å². The number of halogens is 1. The summed E-state index contributed by atoms with van der Waals surface area (Å²) < 4.78 is 14.7. The number of nitrogens with one attached hydrogen (secondary N) is 1. The quantitative estimate of drug-likeness (QED) is 0.844. The maximum atomic E-state index is 13.0. The van der Waals surface area contributed by atoms with Crippen molar-refractivity contribution < 1.29 is 14.3 Å². The van der Waals surface area contributed by atoms with Gasteiger partial charge in [-0.15, -0.1) is 0 Å². The van der Waals surface area contributed by atoms with Gasteiger partial charge < -0.3 is 15.3 Å². The van der Waals surface area contributed by atoms with Crippen LogP contribution in [0.2, 0.25) is 0 Å². The summed E-state index contributed by atoms with van der Waals surface area (Å²) in [4.78, 5) is 14.3. The monoisotopic (exact) mass is 346 g/mol. The van der Waals surface area contributed by atoms with Crippen molar-refractivity contribution in [2.45, 2.75) is 38.0 Å². The number of benzene rings is 1. The first kappa shape index (κ1) is 17.4. The molecular formula is C18H23FN4O2. The van der Waals surface area contributed by atoms with Crippen LogP contribution in [0.5, 0.6) is 0 Å². The molecule has 1 aliphatic carbocycles. The minimum atomic E-state index is -0.847. The Morgan fingerprint density at radius 2 is 2.08 bits per heavy atom. The van der Waals surface area contributed by atoms with Gasteiger partial charge in [0.05, 0.1) is 24.9 Å². The van der Waals surface area contributed by atoms with Crippen LogP contribution in [0.15, 0.2) is 36.7 Å². The second-order valence-corrected chi connectivity index (χ2v) is 6.57. The van der Waals surface area contributed by atoms with Gasteiger partial charge in [0.15, 0.2) is 0 Å². The van der Waals surface area contributed by atoms with Crippen molar-refractivity contribution in [3.05, 3.63) is 53.6 Å². The molecule has 1 aromatic heterocycles. The predicted molar refractivity (Wildman–Crippen MR) is 91.2 cm³/mol. The number of rotatable bonds is 6. The van der Waals surface area contributed by atoms with E-state index in [9.17, 15) is 14.3 Å². The minimum Gasteiger partial charge on any atom is -0.387 e. The minimum absolute atomic E-state index is 0.149. The summed E-state index contributed by atoms with van der Waals surface area (Å²) in [5.74, 6) is -0.349. The largest absolute Gasteiger partial charge is 0.387 e. The van der Waals surface area contributed by atoms with Crippen molar-refractivity contribution in [3.8, 4) is 0 Å². The molecule has 2 atom stereocenters. The fourth-order valence-corrected chi connectivity index (χ4v) is 2.78. The van der Waals surface area contributed by atoms with Gasteiger partial charge in [0.25, 0.3) is 0 Å². The molecule has 1 saturated carbocycles. The molecule has 0 bridgehead atoms. The van der Waals surface area contributed by atoms with E-state index in [1.54, 1.807) is 27.9 Å². The third kappa shape index (κ3) is 4.36. The van der Waals surface area contributed by atoms with Crippen LogP contribution in [0.25, 0.3) is 0 Å². The molecule has 0 saturated heterocycles. The topological polar surface area (TPSA) is 70.4 Å². The highest BCUT2D eigenvalue weighted by atomic mass is 19.1. The standard InChI is InChI=1S/C18H23FN4O2/c1-12(14-9-20-22(2)10-14)21-18(25)23(16-7-8-16)11-17(24)13-3-5-15(19)6-4-13/h3-6,9-10,12,16-17,24H,7-8,11H2,1-2H3,(H,21,25). The third-order valence-electron chi connectivity index (χ3n) is 4.44. The summed E-state index contributed by atoms with van der Waals surface area (Å²) >= 11 is 0. The maximum Gasteiger partial charge on any atom is 0.318 e.